The Morgan fingerprint density at radius 3 is 2.76 bits per heavy atom. The zero-order valence-electron chi connectivity index (χ0n) is 18.8. The van der Waals surface area contributed by atoms with Crippen molar-refractivity contribution in [2.75, 3.05) is 19.8 Å². The molecule has 1 amide bonds. The smallest absolute Gasteiger partial charge is 0.273 e. The van der Waals surface area contributed by atoms with Crippen LogP contribution in [-0.4, -0.2) is 52.0 Å². The second-order valence-corrected chi connectivity index (χ2v) is 8.64. The fourth-order valence-corrected chi connectivity index (χ4v) is 4.70. The number of amides is 1. The second-order valence-electron chi connectivity index (χ2n) is 8.64. The Kier molecular flexibility index (Phi) is 6.05. The van der Waals surface area contributed by atoms with Gasteiger partial charge in [0.05, 0.1) is 18.8 Å². The number of para-hydroxylation sites is 1. The number of benzene rings is 2. The molecule has 0 bridgehead atoms. The van der Waals surface area contributed by atoms with E-state index in [-0.39, 0.29) is 23.8 Å². The normalized spacial score (nSPS) is 19.8. The quantitative estimate of drug-likeness (QED) is 0.490. The molecule has 3 aromatic rings. The average molecular weight is 448 g/mol. The number of carbonyl (C=O) groups excluding carboxylic acids is 1. The maximum absolute atomic E-state index is 13.5. The summed E-state index contributed by atoms with van der Waals surface area (Å²) < 4.78 is 11.7. The van der Waals surface area contributed by atoms with Crippen LogP contribution in [0.25, 0.3) is 11.3 Å². The van der Waals surface area contributed by atoms with Crippen molar-refractivity contribution in [2.45, 2.75) is 44.8 Å². The summed E-state index contributed by atoms with van der Waals surface area (Å²) in [5.41, 5.74) is 3.44. The van der Waals surface area contributed by atoms with E-state index in [1.165, 1.54) is 0 Å². The molecule has 3 heterocycles. The summed E-state index contributed by atoms with van der Waals surface area (Å²) in [7, 11) is 0. The third-order valence-electron chi connectivity index (χ3n) is 6.41. The first-order chi connectivity index (χ1) is 16.2. The summed E-state index contributed by atoms with van der Waals surface area (Å²) in [6.45, 7) is 4.07. The van der Waals surface area contributed by atoms with Crippen molar-refractivity contribution in [3.05, 3.63) is 65.4 Å². The van der Waals surface area contributed by atoms with Gasteiger partial charge in [-0.2, -0.15) is 5.10 Å². The average Bonchev–Trinajstić information content (AvgIpc) is 3.55. The third kappa shape index (κ3) is 4.09. The number of phenols is 1. The van der Waals surface area contributed by atoms with Crippen LogP contribution in [-0.2, 0) is 4.74 Å². The van der Waals surface area contributed by atoms with E-state index in [1.54, 1.807) is 12.1 Å². The summed E-state index contributed by atoms with van der Waals surface area (Å²) >= 11 is 0. The Bertz CT molecular complexity index is 1120. The number of hydrogen-bond acceptors (Lipinski definition) is 5. The van der Waals surface area contributed by atoms with Crippen LogP contribution in [0.5, 0.6) is 11.5 Å². The van der Waals surface area contributed by atoms with Gasteiger partial charge in [-0.3, -0.25) is 9.89 Å². The fraction of sp³-hybridized carbons (Fsp3) is 0.385. The monoisotopic (exact) mass is 447 g/mol. The van der Waals surface area contributed by atoms with Gasteiger partial charge < -0.3 is 19.5 Å². The van der Waals surface area contributed by atoms with Crippen molar-refractivity contribution < 1.29 is 19.4 Å². The van der Waals surface area contributed by atoms with Crippen LogP contribution in [0, 0.1) is 0 Å². The molecule has 172 valence electrons. The molecule has 1 fully saturated rings. The molecule has 0 saturated carbocycles. The summed E-state index contributed by atoms with van der Waals surface area (Å²) in [5, 5.41) is 17.9. The third-order valence-corrected chi connectivity index (χ3v) is 6.41. The van der Waals surface area contributed by atoms with Gasteiger partial charge in [-0.25, -0.2) is 0 Å². The molecule has 2 atom stereocenters. The summed E-state index contributed by atoms with van der Waals surface area (Å²) in [6, 6.07) is 14.7. The van der Waals surface area contributed by atoms with Crippen LogP contribution in [0.15, 0.2) is 48.5 Å². The number of aromatic hydroxyl groups is 1. The lowest BCUT2D eigenvalue weighted by molar-refractivity contribution is 0.0495. The van der Waals surface area contributed by atoms with Crippen LogP contribution >= 0.6 is 0 Å². The molecule has 33 heavy (non-hydrogen) atoms. The Morgan fingerprint density at radius 1 is 1.21 bits per heavy atom. The topological polar surface area (TPSA) is 87.7 Å². The molecule has 2 N–H and O–H groups in total. The number of nitrogens with one attached hydrogen (secondary N) is 1. The maximum Gasteiger partial charge on any atom is 0.273 e. The minimum absolute atomic E-state index is 0.0265. The van der Waals surface area contributed by atoms with E-state index in [2.05, 4.69) is 17.1 Å². The number of H-pyrrole nitrogens is 1. The van der Waals surface area contributed by atoms with E-state index < -0.39 is 0 Å². The van der Waals surface area contributed by atoms with E-state index in [0.29, 0.717) is 30.1 Å². The predicted octanol–water partition coefficient (Wildman–Crippen LogP) is 4.69. The lowest BCUT2D eigenvalue weighted by Gasteiger charge is -2.28. The number of hydrogen-bond donors (Lipinski definition) is 2. The lowest BCUT2D eigenvalue weighted by Crippen LogP contribution is -2.36. The maximum atomic E-state index is 13.5. The first-order valence-electron chi connectivity index (χ1n) is 11.7. The number of unbranched alkanes of at least 4 members (excludes halogenated alkanes) is 1. The molecular formula is C26H29N3O4. The first kappa shape index (κ1) is 21.5. The minimum atomic E-state index is -0.324. The van der Waals surface area contributed by atoms with Gasteiger partial charge >= 0.3 is 0 Å². The van der Waals surface area contributed by atoms with E-state index in [0.717, 1.165) is 49.2 Å². The van der Waals surface area contributed by atoms with Gasteiger partial charge in [0.2, 0.25) is 0 Å². The molecule has 7 nitrogen and oxygen atoms in total. The van der Waals surface area contributed by atoms with Gasteiger partial charge in [-0.05, 0) is 49.1 Å². The first-order valence-corrected chi connectivity index (χ1v) is 11.7. The molecule has 1 aromatic heterocycles. The number of aromatic amines is 1. The number of ether oxygens (including phenoxy) is 2. The van der Waals surface area contributed by atoms with Crippen LogP contribution < -0.4 is 4.74 Å². The van der Waals surface area contributed by atoms with Crippen molar-refractivity contribution >= 4 is 5.91 Å². The van der Waals surface area contributed by atoms with E-state index in [1.807, 2.05) is 41.3 Å². The molecule has 2 aliphatic heterocycles. The van der Waals surface area contributed by atoms with Crippen LogP contribution in [0.2, 0.25) is 0 Å². The number of fused-ring (bicyclic) bond motifs is 1. The highest BCUT2D eigenvalue weighted by Crippen LogP contribution is 2.45. The summed E-state index contributed by atoms with van der Waals surface area (Å²) in [4.78, 5) is 15.3. The molecule has 5 rings (SSSR count). The van der Waals surface area contributed by atoms with Crippen molar-refractivity contribution in [1.82, 2.24) is 15.1 Å². The molecule has 7 heteroatoms. The Morgan fingerprint density at radius 2 is 2.03 bits per heavy atom. The highest BCUT2D eigenvalue weighted by Gasteiger charge is 2.43. The highest BCUT2D eigenvalue weighted by atomic mass is 16.5. The Labute approximate surface area is 193 Å². The van der Waals surface area contributed by atoms with Crippen LogP contribution in [0.1, 0.15) is 60.3 Å². The number of nitrogens with zero attached hydrogens (tertiary/aromatic N) is 2. The van der Waals surface area contributed by atoms with Gasteiger partial charge in [0.15, 0.2) is 0 Å². The summed E-state index contributed by atoms with van der Waals surface area (Å²) in [6.07, 6.45) is 4.07. The van der Waals surface area contributed by atoms with Crippen LogP contribution in [0.4, 0.5) is 0 Å². The molecular weight excluding hydrogens is 418 g/mol. The molecule has 0 aliphatic carbocycles. The van der Waals surface area contributed by atoms with Gasteiger partial charge in [-0.15, -0.1) is 0 Å². The molecule has 1 saturated heterocycles. The largest absolute Gasteiger partial charge is 0.507 e. The number of rotatable bonds is 8. The number of aromatic nitrogens is 2. The predicted molar refractivity (Wildman–Crippen MR) is 124 cm³/mol. The highest BCUT2D eigenvalue weighted by molar-refractivity contribution is 6.00. The van der Waals surface area contributed by atoms with Crippen molar-refractivity contribution in [1.29, 1.82) is 0 Å². The zero-order chi connectivity index (χ0) is 22.8. The standard InChI is InChI=1S/C26H29N3O4/c1-2-3-14-32-18-12-10-17(11-13-18)25-22-23(20-8-4-5-9-21(20)30)27-28-24(22)26(31)29(25)16-19-7-6-15-33-19/h4-5,8-13,19,25,30H,2-3,6-7,14-16H2,1H3,(H,27,28)/t19-,25-/m0/s1. The molecule has 0 unspecified atom stereocenters. The SMILES string of the molecule is CCCCOc1ccc([C@H]2c3c(-c4ccccc4O)n[nH]c3C(=O)N2C[C@@H]2CCCO2)cc1. The zero-order valence-corrected chi connectivity index (χ0v) is 18.8. The van der Waals surface area contributed by atoms with E-state index in [4.69, 9.17) is 9.47 Å². The Hall–Kier alpha value is -3.32. The van der Waals surface area contributed by atoms with Crippen molar-refractivity contribution in [3.8, 4) is 22.8 Å². The van der Waals surface area contributed by atoms with E-state index in [9.17, 15) is 9.90 Å². The van der Waals surface area contributed by atoms with Crippen LogP contribution in [0.3, 0.4) is 0 Å². The van der Waals surface area contributed by atoms with Gasteiger partial charge in [0.1, 0.15) is 22.9 Å². The fourth-order valence-electron chi connectivity index (χ4n) is 4.70. The van der Waals surface area contributed by atoms with E-state index >= 15 is 0 Å². The van der Waals surface area contributed by atoms with Crippen molar-refractivity contribution in [3.63, 3.8) is 0 Å². The molecule has 0 spiro atoms. The molecule has 0 radical (unpaired) electrons. The van der Waals surface area contributed by atoms with Gasteiger partial charge in [0.25, 0.3) is 5.91 Å². The van der Waals surface area contributed by atoms with Crippen molar-refractivity contribution in [2.24, 2.45) is 0 Å². The van der Waals surface area contributed by atoms with Gasteiger partial charge in [-0.1, -0.05) is 37.6 Å². The van der Waals surface area contributed by atoms with Gasteiger partial charge in [0, 0.05) is 24.3 Å². The number of phenolic OH excluding ortho intramolecular Hbond substituents is 1. The molecule has 2 aromatic carbocycles. The summed E-state index contributed by atoms with van der Waals surface area (Å²) in [5.74, 6) is 0.855. The lowest BCUT2D eigenvalue weighted by atomic mass is 9.95. The number of carbonyl (C=O) groups is 1. The molecule has 2 aliphatic rings. The second kappa shape index (κ2) is 9.27. The Balaban J connectivity index is 1.53. The minimum Gasteiger partial charge on any atom is -0.507 e.